The molecule has 2 unspecified atom stereocenters. The van der Waals surface area contributed by atoms with Crippen molar-refractivity contribution in [2.45, 2.75) is 25.0 Å². The molecule has 1 saturated heterocycles. The number of hydrazine groups is 1. The fourth-order valence-corrected chi connectivity index (χ4v) is 3.94. The van der Waals surface area contributed by atoms with Gasteiger partial charge in [-0.1, -0.05) is 17.3 Å². The van der Waals surface area contributed by atoms with Gasteiger partial charge >= 0.3 is 0 Å². The van der Waals surface area contributed by atoms with Gasteiger partial charge in [-0.25, -0.2) is 5.43 Å². The van der Waals surface area contributed by atoms with Gasteiger partial charge in [0.25, 0.3) is 5.91 Å². The van der Waals surface area contributed by atoms with Crippen molar-refractivity contribution in [3.8, 4) is 22.9 Å². The van der Waals surface area contributed by atoms with Gasteiger partial charge in [0.15, 0.2) is 0 Å². The topological polar surface area (TPSA) is 93.0 Å². The van der Waals surface area contributed by atoms with E-state index >= 15 is 0 Å². The number of methoxy groups -OCH3 is 2. The Morgan fingerprint density at radius 2 is 1.72 bits per heavy atom. The summed E-state index contributed by atoms with van der Waals surface area (Å²) < 4.78 is 15.8. The van der Waals surface area contributed by atoms with E-state index in [1.807, 2.05) is 59.7 Å². The maximum Gasteiger partial charge on any atom is 0.251 e. The number of ether oxygens (including phenoxy) is 2. The van der Waals surface area contributed by atoms with E-state index in [2.05, 4.69) is 15.6 Å². The molecule has 0 aliphatic carbocycles. The summed E-state index contributed by atoms with van der Waals surface area (Å²) >= 11 is 0. The van der Waals surface area contributed by atoms with Crippen LogP contribution in [0.5, 0.6) is 11.5 Å². The first-order chi connectivity index (χ1) is 15.6. The fourth-order valence-electron chi connectivity index (χ4n) is 3.94. The van der Waals surface area contributed by atoms with Crippen LogP contribution in [-0.4, -0.2) is 46.2 Å². The number of nitrogens with one attached hydrogen (secondary N) is 1. The van der Waals surface area contributed by atoms with E-state index in [-0.39, 0.29) is 24.5 Å². The number of hydrogen-bond donors (Lipinski definition) is 1. The highest BCUT2D eigenvalue weighted by Crippen LogP contribution is 2.32. The van der Waals surface area contributed by atoms with E-state index in [9.17, 15) is 4.79 Å². The van der Waals surface area contributed by atoms with Gasteiger partial charge in [0, 0.05) is 18.0 Å². The van der Waals surface area contributed by atoms with Crippen LogP contribution in [0.15, 0.2) is 65.5 Å². The van der Waals surface area contributed by atoms with Gasteiger partial charge in [-0.3, -0.25) is 4.79 Å². The minimum Gasteiger partial charge on any atom is -0.497 e. The maximum absolute atomic E-state index is 13.1. The molecule has 5 rings (SSSR count). The molecule has 2 atom stereocenters. The third-order valence-electron chi connectivity index (χ3n) is 5.72. The molecule has 3 heterocycles. The smallest absolute Gasteiger partial charge is 0.251 e. The normalized spacial score (nSPS) is 19.9. The van der Waals surface area contributed by atoms with Crippen molar-refractivity contribution < 1.29 is 18.8 Å². The summed E-state index contributed by atoms with van der Waals surface area (Å²) in [5.74, 6) is 2.39. The lowest BCUT2D eigenvalue weighted by Crippen LogP contribution is -2.47. The minimum absolute atomic E-state index is 0.0137. The van der Waals surface area contributed by atoms with Crippen molar-refractivity contribution in [3.63, 3.8) is 0 Å². The Balaban J connectivity index is 1.25. The lowest BCUT2D eigenvalue weighted by atomic mass is 10.0. The number of hydrogen-bond acceptors (Lipinski definition) is 8. The molecule has 1 fully saturated rings. The quantitative estimate of drug-likeness (QED) is 0.634. The molecular weight excluding hydrogens is 410 g/mol. The van der Waals surface area contributed by atoms with E-state index in [0.717, 1.165) is 22.6 Å². The largest absolute Gasteiger partial charge is 0.497 e. The Hall–Kier alpha value is -3.85. The van der Waals surface area contributed by atoms with Gasteiger partial charge in [0.05, 0.1) is 20.3 Å². The van der Waals surface area contributed by atoms with Crippen molar-refractivity contribution in [1.82, 2.24) is 25.5 Å². The zero-order valence-electron chi connectivity index (χ0n) is 17.8. The highest BCUT2D eigenvalue weighted by Gasteiger charge is 2.40. The number of fused-ring (bicyclic) bond motifs is 1. The molecule has 9 heteroatoms. The first kappa shape index (κ1) is 20.1. The molecule has 0 saturated carbocycles. The Morgan fingerprint density at radius 3 is 2.41 bits per heavy atom. The van der Waals surface area contributed by atoms with Gasteiger partial charge in [-0.15, -0.1) is 0 Å². The molecule has 1 aromatic heterocycles. The third-order valence-corrected chi connectivity index (χ3v) is 5.72. The number of amides is 1. The second kappa shape index (κ2) is 8.35. The zero-order valence-corrected chi connectivity index (χ0v) is 17.8. The van der Waals surface area contributed by atoms with Crippen molar-refractivity contribution >= 4 is 5.91 Å². The summed E-state index contributed by atoms with van der Waals surface area (Å²) in [7, 11) is 3.26. The van der Waals surface area contributed by atoms with Crippen LogP contribution in [0.4, 0.5) is 0 Å². The summed E-state index contributed by atoms with van der Waals surface area (Å²) in [4.78, 5) is 19.2. The molecule has 0 radical (unpaired) electrons. The summed E-state index contributed by atoms with van der Waals surface area (Å²) in [6.45, 7) is 0.218. The molecule has 2 aliphatic heterocycles. The molecular formula is C23H23N5O4. The van der Waals surface area contributed by atoms with E-state index in [1.54, 1.807) is 25.3 Å². The highest BCUT2D eigenvalue weighted by molar-refractivity contribution is 5.84. The molecule has 164 valence electrons. The van der Waals surface area contributed by atoms with Gasteiger partial charge in [0.1, 0.15) is 24.1 Å². The number of nitrogens with zero attached hydrogens (tertiary/aromatic N) is 4. The number of aromatic nitrogens is 2. The van der Waals surface area contributed by atoms with Gasteiger partial charge in [-0.05, 0) is 48.4 Å². The first-order valence-corrected chi connectivity index (χ1v) is 10.3. The van der Waals surface area contributed by atoms with Crippen molar-refractivity contribution in [2.24, 2.45) is 0 Å². The standard InChI is InChI=1S/C23H23N5O4/c1-30-17-7-3-15(4-8-17)19-13-20-23(29)27(11-12-28(20)25-19)14-21-24-22(26-32-21)16-5-9-18(31-2)10-6-16/h3-12,19-20,25H,13-14H2,1-2H3. The van der Waals surface area contributed by atoms with Crippen LogP contribution in [0.25, 0.3) is 11.4 Å². The van der Waals surface area contributed by atoms with Crippen molar-refractivity contribution in [3.05, 3.63) is 72.4 Å². The number of benzene rings is 2. The second-order valence-electron chi connectivity index (χ2n) is 7.62. The van der Waals surface area contributed by atoms with Crippen molar-refractivity contribution in [2.75, 3.05) is 14.2 Å². The molecule has 1 amide bonds. The molecule has 32 heavy (non-hydrogen) atoms. The Kier molecular flexibility index (Phi) is 5.24. The molecule has 9 nitrogen and oxygen atoms in total. The van der Waals surface area contributed by atoms with Crippen LogP contribution in [0.3, 0.4) is 0 Å². The van der Waals surface area contributed by atoms with Gasteiger partial charge in [0.2, 0.25) is 11.7 Å². The maximum atomic E-state index is 13.1. The predicted molar refractivity (Wildman–Crippen MR) is 115 cm³/mol. The SMILES string of the molecule is COc1ccc(-c2noc(CN3C=CN4NC(c5ccc(OC)cc5)CC4C3=O)n2)cc1. The molecule has 3 aromatic rings. The van der Waals surface area contributed by atoms with Crippen molar-refractivity contribution in [1.29, 1.82) is 0 Å². The van der Waals surface area contributed by atoms with Crippen LogP contribution in [0.2, 0.25) is 0 Å². The molecule has 2 aromatic carbocycles. The van der Waals surface area contributed by atoms with Crippen LogP contribution in [0, 0.1) is 0 Å². The number of rotatable bonds is 6. The summed E-state index contributed by atoms with van der Waals surface area (Å²) in [6.07, 6.45) is 4.27. The fraction of sp³-hybridized carbons (Fsp3) is 0.261. The molecule has 0 spiro atoms. The minimum atomic E-state index is -0.295. The number of carbonyl (C=O) groups is 1. The van der Waals surface area contributed by atoms with E-state index in [0.29, 0.717) is 18.1 Å². The Bertz CT molecular complexity index is 1130. The monoisotopic (exact) mass is 433 g/mol. The van der Waals surface area contributed by atoms with E-state index in [1.165, 1.54) is 0 Å². The summed E-state index contributed by atoms with van der Waals surface area (Å²) in [5.41, 5.74) is 5.31. The summed E-state index contributed by atoms with van der Waals surface area (Å²) in [6, 6.07) is 15.0. The number of carbonyl (C=O) groups excluding carboxylic acids is 1. The second-order valence-corrected chi connectivity index (χ2v) is 7.62. The molecule has 0 bridgehead atoms. The Labute approximate surface area is 185 Å². The van der Waals surface area contributed by atoms with E-state index < -0.39 is 0 Å². The lowest BCUT2D eigenvalue weighted by molar-refractivity contribution is -0.135. The van der Waals surface area contributed by atoms with Crippen LogP contribution in [-0.2, 0) is 11.3 Å². The zero-order chi connectivity index (χ0) is 22.1. The molecule has 1 N–H and O–H groups in total. The van der Waals surface area contributed by atoms with Crippen LogP contribution >= 0.6 is 0 Å². The lowest BCUT2D eigenvalue weighted by Gasteiger charge is -2.30. The highest BCUT2D eigenvalue weighted by atomic mass is 16.5. The average Bonchev–Trinajstić information content (AvgIpc) is 3.49. The van der Waals surface area contributed by atoms with E-state index in [4.69, 9.17) is 14.0 Å². The molecule has 2 aliphatic rings. The van der Waals surface area contributed by atoms with Crippen LogP contribution in [0.1, 0.15) is 23.9 Å². The first-order valence-electron chi connectivity index (χ1n) is 10.3. The summed E-state index contributed by atoms with van der Waals surface area (Å²) in [5, 5.41) is 5.91. The Morgan fingerprint density at radius 1 is 1.03 bits per heavy atom. The third kappa shape index (κ3) is 3.78. The average molecular weight is 433 g/mol. The van der Waals surface area contributed by atoms with Gasteiger partial charge < -0.3 is 23.9 Å². The van der Waals surface area contributed by atoms with Gasteiger partial charge in [-0.2, -0.15) is 4.98 Å². The predicted octanol–water partition coefficient (Wildman–Crippen LogP) is 2.89. The van der Waals surface area contributed by atoms with Crippen LogP contribution < -0.4 is 14.9 Å².